The van der Waals surface area contributed by atoms with E-state index in [0.717, 1.165) is 41.4 Å². The number of aliphatic imine (C=N–C) groups is 1. The zero-order valence-corrected chi connectivity index (χ0v) is 20.3. The Bertz CT molecular complexity index is 899. The molecule has 0 bridgehead atoms. The summed E-state index contributed by atoms with van der Waals surface area (Å²) in [7, 11) is 0. The number of hydrogen-bond acceptors (Lipinski definition) is 2. The van der Waals surface area contributed by atoms with E-state index in [2.05, 4.69) is 48.1 Å². The van der Waals surface area contributed by atoms with Crippen LogP contribution >= 0.6 is 0 Å². The van der Waals surface area contributed by atoms with E-state index in [1.807, 2.05) is 19.2 Å². The quantitative estimate of drug-likeness (QED) is 0.271. The number of ether oxygens (including phenoxy) is 1. The predicted molar refractivity (Wildman–Crippen MR) is 137 cm³/mol. The van der Waals surface area contributed by atoms with Gasteiger partial charge in [-0.05, 0) is 56.0 Å². The summed E-state index contributed by atoms with van der Waals surface area (Å²) < 4.78 is 5.88. The van der Waals surface area contributed by atoms with E-state index in [0.29, 0.717) is 6.61 Å². The highest BCUT2D eigenvalue weighted by molar-refractivity contribution is 6.04. The first-order chi connectivity index (χ1) is 15.7. The molecule has 1 aliphatic rings. The molecule has 0 saturated carbocycles. The lowest BCUT2D eigenvalue weighted by Crippen LogP contribution is -1.97. The molecule has 2 aromatic rings. The van der Waals surface area contributed by atoms with Crippen LogP contribution in [0.4, 0.5) is 0 Å². The molecule has 4 nitrogen and oxygen atoms in total. The summed E-state index contributed by atoms with van der Waals surface area (Å²) in [6.45, 7) is 7.14. The van der Waals surface area contributed by atoms with E-state index in [9.17, 15) is 0 Å². The van der Waals surface area contributed by atoms with Crippen LogP contribution in [0, 0.1) is 0 Å². The number of H-pyrrole nitrogens is 2. The van der Waals surface area contributed by atoms with Gasteiger partial charge in [0, 0.05) is 18.0 Å². The number of aromatic amines is 2. The summed E-state index contributed by atoms with van der Waals surface area (Å²) in [6.07, 6.45) is 20.7. The Kier molecular flexibility index (Phi) is 9.93. The van der Waals surface area contributed by atoms with Crippen molar-refractivity contribution in [2.45, 2.75) is 91.4 Å². The third-order valence-electron chi connectivity index (χ3n) is 6.13. The van der Waals surface area contributed by atoms with E-state index in [1.165, 1.54) is 69.1 Å². The van der Waals surface area contributed by atoms with Crippen LogP contribution in [0.25, 0.3) is 17.5 Å². The average Bonchev–Trinajstić information content (AvgIpc) is 3.54. The maximum Gasteiger partial charge on any atom is 0.144 e. The molecule has 0 unspecified atom stereocenters. The van der Waals surface area contributed by atoms with E-state index < -0.39 is 0 Å². The van der Waals surface area contributed by atoms with Gasteiger partial charge in [0.05, 0.1) is 29.4 Å². The zero-order valence-electron chi connectivity index (χ0n) is 20.3. The van der Waals surface area contributed by atoms with Crippen LogP contribution in [0.1, 0.15) is 97.1 Å². The van der Waals surface area contributed by atoms with Gasteiger partial charge in [-0.15, -0.1) is 0 Å². The molecule has 3 heterocycles. The third-order valence-corrected chi connectivity index (χ3v) is 6.13. The molecular weight excluding hydrogens is 394 g/mol. The first kappa shape index (κ1) is 24.2. The van der Waals surface area contributed by atoms with Crippen LogP contribution in [-0.2, 0) is 0 Å². The molecule has 0 aromatic carbocycles. The van der Waals surface area contributed by atoms with Crippen molar-refractivity contribution in [2.24, 2.45) is 4.99 Å². The first-order valence-corrected chi connectivity index (χ1v) is 12.7. The van der Waals surface area contributed by atoms with Crippen molar-refractivity contribution >= 4 is 11.8 Å². The fraction of sp³-hybridized carbons (Fsp3) is 0.536. The predicted octanol–water partition coefficient (Wildman–Crippen LogP) is 8.46. The molecule has 0 fully saturated rings. The normalized spacial score (nSPS) is 14.8. The van der Waals surface area contributed by atoms with Crippen molar-refractivity contribution < 1.29 is 4.74 Å². The van der Waals surface area contributed by atoms with Crippen molar-refractivity contribution in [1.82, 2.24) is 9.97 Å². The monoisotopic (exact) mass is 435 g/mol. The van der Waals surface area contributed by atoms with Crippen LogP contribution in [0.15, 0.2) is 46.7 Å². The molecule has 3 rings (SSSR count). The minimum atomic E-state index is 0.640. The molecule has 2 N–H and O–H groups in total. The van der Waals surface area contributed by atoms with Crippen molar-refractivity contribution in [3.8, 4) is 17.1 Å². The first-order valence-electron chi connectivity index (χ1n) is 12.7. The minimum absolute atomic E-state index is 0.640. The highest BCUT2D eigenvalue weighted by atomic mass is 16.5. The summed E-state index contributed by atoms with van der Waals surface area (Å²) in [5.74, 6) is 0.874. The highest BCUT2D eigenvalue weighted by Crippen LogP contribution is 2.31. The average molecular weight is 436 g/mol. The largest absolute Gasteiger partial charge is 0.492 e. The van der Waals surface area contributed by atoms with Crippen molar-refractivity contribution in [2.75, 3.05) is 6.61 Å². The Balaban J connectivity index is 1.57. The fourth-order valence-electron chi connectivity index (χ4n) is 4.37. The number of allylic oxidation sites excluding steroid dienone is 2. The summed E-state index contributed by atoms with van der Waals surface area (Å²) >= 11 is 0. The van der Waals surface area contributed by atoms with Crippen molar-refractivity contribution in [1.29, 1.82) is 0 Å². The van der Waals surface area contributed by atoms with Gasteiger partial charge in [0.25, 0.3) is 0 Å². The van der Waals surface area contributed by atoms with E-state index in [-0.39, 0.29) is 0 Å². The molecule has 4 heteroatoms. The lowest BCUT2D eigenvalue weighted by Gasteiger charge is -2.05. The fourth-order valence-corrected chi connectivity index (χ4v) is 4.37. The Morgan fingerprint density at radius 2 is 1.69 bits per heavy atom. The van der Waals surface area contributed by atoms with Gasteiger partial charge in [0.15, 0.2) is 0 Å². The van der Waals surface area contributed by atoms with Gasteiger partial charge < -0.3 is 14.7 Å². The molecule has 0 radical (unpaired) electrons. The SMILES string of the molecule is CCCCCCCCCCCC1=C/C(=C/c2[nH]c(-c3ccc[nH]3)cc2OCC)N=C1CC. The van der Waals surface area contributed by atoms with Crippen LogP contribution in [0.3, 0.4) is 0 Å². The molecule has 1 aliphatic heterocycles. The number of nitrogens with one attached hydrogen (secondary N) is 2. The lowest BCUT2D eigenvalue weighted by molar-refractivity contribution is 0.340. The van der Waals surface area contributed by atoms with E-state index in [4.69, 9.17) is 9.73 Å². The highest BCUT2D eigenvalue weighted by Gasteiger charge is 2.15. The van der Waals surface area contributed by atoms with Crippen LogP contribution in [0.5, 0.6) is 5.75 Å². The van der Waals surface area contributed by atoms with Gasteiger partial charge in [0.2, 0.25) is 0 Å². The second-order valence-electron chi connectivity index (χ2n) is 8.71. The van der Waals surface area contributed by atoms with Crippen LogP contribution in [0.2, 0.25) is 0 Å². The van der Waals surface area contributed by atoms with Crippen molar-refractivity contribution in [3.05, 3.63) is 47.4 Å². The summed E-state index contributed by atoms with van der Waals surface area (Å²) in [6, 6.07) is 6.13. The van der Waals surface area contributed by atoms with Gasteiger partial charge in [-0.3, -0.25) is 4.99 Å². The van der Waals surface area contributed by atoms with E-state index in [1.54, 1.807) is 0 Å². The molecule has 0 spiro atoms. The lowest BCUT2D eigenvalue weighted by atomic mass is 10.0. The molecule has 2 aromatic heterocycles. The second kappa shape index (κ2) is 13.1. The van der Waals surface area contributed by atoms with Crippen LogP contribution in [-0.4, -0.2) is 22.3 Å². The minimum Gasteiger partial charge on any atom is -0.492 e. The summed E-state index contributed by atoms with van der Waals surface area (Å²) in [4.78, 5) is 11.7. The molecule has 174 valence electrons. The van der Waals surface area contributed by atoms with Crippen LogP contribution < -0.4 is 4.74 Å². The van der Waals surface area contributed by atoms with Gasteiger partial charge in [0.1, 0.15) is 5.75 Å². The molecule has 0 amide bonds. The topological polar surface area (TPSA) is 53.2 Å². The Morgan fingerprint density at radius 1 is 0.938 bits per heavy atom. The second-order valence-corrected chi connectivity index (χ2v) is 8.71. The Hall–Kier alpha value is -2.49. The smallest absolute Gasteiger partial charge is 0.144 e. The van der Waals surface area contributed by atoms with Gasteiger partial charge >= 0.3 is 0 Å². The number of aromatic nitrogens is 2. The number of rotatable bonds is 15. The maximum atomic E-state index is 5.88. The van der Waals surface area contributed by atoms with Gasteiger partial charge in [-0.25, -0.2) is 0 Å². The summed E-state index contributed by atoms with van der Waals surface area (Å²) in [5.41, 5.74) is 6.74. The molecule has 0 atom stereocenters. The number of nitrogens with zero attached hydrogens (tertiary/aromatic N) is 1. The third kappa shape index (κ3) is 7.01. The number of unbranched alkanes of at least 4 members (excludes halogenated alkanes) is 8. The zero-order chi connectivity index (χ0) is 22.6. The Morgan fingerprint density at radius 3 is 2.34 bits per heavy atom. The molecule has 0 saturated heterocycles. The Labute approximate surface area is 194 Å². The maximum absolute atomic E-state index is 5.88. The van der Waals surface area contributed by atoms with Crippen molar-refractivity contribution in [3.63, 3.8) is 0 Å². The standard InChI is InChI=1S/C28H41N3O/c1-4-7-8-9-10-11-12-13-14-16-22-19-23(30-24(22)5-2)20-27-28(32-6-3)21-26(31-27)25-17-15-18-29-25/h15,17-21,29,31H,4-14,16H2,1-3H3/b23-20-. The number of hydrogen-bond donors (Lipinski definition) is 2. The summed E-state index contributed by atoms with van der Waals surface area (Å²) in [5, 5.41) is 0. The molecular formula is C28H41N3O. The molecule has 0 aliphatic carbocycles. The van der Waals surface area contributed by atoms with Gasteiger partial charge in [-0.1, -0.05) is 65.2 Å². The van der Waals surface area contributed by atoms with E-state index >= 15 is 0 Å². The molecule has 32 heavy (non-hydrogen) atoms. The van der Waals surface area contributed by atoms with Gasteiger partial charge in [-0.2, -0.15) is 0 Å².